The minimum Gasteiger partial charge on any atom is -0.379 e. The Morgan fingerprint density at radius 3 is 2.41 bits per heavy atom. The standard InChI is InChI=1S/C12H12ClFN2O/c1-12(17,8-3-5-9(14)6-4-8)11-10(13)7-15-16(11)2/h3-7,17H,1-2H3. The Balaban J connectivity index is 2.53. The van der Waals surface area contributed by atoms with Crippen LogP contribution in [0.4, 0.5) is 4.39 Å². The van der Waals surface area contributed by atoms with E-state index in [-0.39, 0.29) is 5.82 Å². The number of halogens is 2. The van der Waals surface area contributed by atoms with E-state index in [4.69, 9.17) is 11.6 Å². The molecule has 1 N–H and O–H groups in total. The van der Waals surface area contributed by atoms with Crippen molar-refractivity contribution >= 4 is 11.6 Å². The molecule has 0 aliphatic heterocycles. The number of rotatable bonds is 2. The highest BCUT2D eigenvalue weighted by Crippen LogP contribution is 2.33. The van der Waals surface area contributed by atoms with E-state index in [1.54, 1.807) is 14.0 Å². The molecule has 1 aromatic heterocycles. The second-order valence-corrected chi connectivity index (χ2v) is 4.45. The van der Waals surface area contributed by atoms with Crippen LogP contribution in [0.2, 0.25) is 5.02 Å². The van der Waals surface area contributed by atoms with Crippen LogP contribution in [0.5, 0.6) is 0 Å². The summed E-state index contributed by atoms with van der Waals surface area (Å²) in [6.07, 6.45) is 1.47. The van der Waals surface area contributed by atoms with Gasteiger partial charge in [-0.2, -0.15) is 5.10 Å². The van der Waals surface area contributed by atoms with Crippen molar-refractivity contribution in [1.29, 1.82) is 0 Å². The largest absolute Gasteiger partial charge is 0.379 e. The summed E-state index contributed by atoms with van der Waals surface area (Å²) in [5.74, 6) is -0.347. The first-order chi connectivity index (χ1) is 7.93. The van der Waals surface area contributed by atoms with Crippen molar-refractivity contribution in [3.8, 4) is 0 Å². The summed E-state index contributed by atoms with van der Waals surface area (Å²) in [5.41, 5.74) is -0.272. The predicted octanol–water partition coefficient (Wildman–Crippen LogP) is 2.47. The summed E-state index contributed by atoms with van der Waals surface area (Å²) in [7, 11) is 1.69. The molecule has 5 heteroatoms. The minimum absolute atomic E-state index is 0.347. The number of benzene rings is 1. The van der Waals surface area contributed by atoms with Crippen molar-refractivity contribution in [2.24, 2.45) is 7.05 Å². The predicted molar refractivity (Wildman–Crippen MR) is 63.3 cm³/mol. The van der Waals surface area contributed by atoms with E-state index in [0.29, 0.717) is 16.3 Å². The van der Waals surface area contributed by atoms with Gasteiger partial charge >= 0.3 is 0 Å². The zero-order valence-electron chi connectivity index (χ0n) is 9.48. The minimum atomic E-state index is -1.31. The third kappa shape index (κ3) is 2.06. The molecule has 1 heterocycles. The highest BCUT2D eigenvalue weighted by Gasteiger charge is 2.31. The normalized spacial score (nSPS) is 14.6. The fourth-order valence-corrected chi connectivity index (χ4v) is 2.22. The molecule has 0 saturated carbocycles. The molecule has 1 aromatic carbocycles. The Morgan fingerprint density at radius 1 is 1.35 bits per heavy atom. The number of hydrogen-bond donors (Lipinski definition) is 1. The van der Waals surface area contributed by atoms with Crippen LogP contribution < -0.4 is 0 Å². The molecule has 2 aromatic rings. The van der Waals surface area contributed by atoms with Gasteiger partial charge in [0.1, 0.15) is 11.4 Å². The molecule has 90 valence electrons. The van der Waals surface area contributed by atoms with Crippen LogP contribution >= 0.6 is 11.6 Å². The van der Waals surface area contributed by atoms with Gasteiger partial charge in [-0.25, -0.2) is 4.39 Å². The van der Waals surface area contributed by atoms with E-state index in [2.05, 4.69) is 5.10 Å². The second kappa shape index (κ2) is 4.13. The molecule has 2 rings (SSSR count). The van der Waals surface area contributed by atoms with Gasteiger partial charge in [0.2, 0.25) is 0 Å². The third-order valence-electron chi connectivity index (χ3n) is 2.76. The van der Waals surface area contributed by atoms with Crippen molar-refractivity contribution < 1.29 is 9.50 Å². The first-order valence-corrected chi connectivity index (χ1v) is 5.47. The highest BCUT2D eigenvalue weighted by atomic mass is 35.5. The van der Waals surface area contributed by atoms with Crippen LogP contribution in [0.15, 0.2) is 30.5 Å². The van der Waals surface area contributed by atoms with Crippen LogP contribution in [0.3, 0.4) is 0 Å². The lowest BCUT2D eigenvalue weighted by Crippen LogP contribution is -2.26. The van der Waals surface area contributed by atoms with Gasteiger partial charge in [-0.1, -0.05) is 23.7 Å². The van der Waals surface area contributed by atoms with Gasteiger partial charge in [-0.05, 0) is 24.6 Å². The Hall–Kier alpha value is -1.39. The van der Waals surface area contributed by atoms with E-state index in [1.807, 2.05) is 0 Å². The maximum atomic E-state index is 12.9. The molecule has 17 heavy (non-hydrogen) atoms. The average Bonchev–Trinajstić information content (AvgIpc) is 2.59. The number of aryl methyl sites for hydroxylation is 1. The van der Waals surface area contributed by atoms with Crippen LogP contribution in [-0.4, -0.2) is 14.9 Å². The lowest BCUT2D eigenvalue weighted by atomic mass is 9.92. The van der Waals surface area contributed by atoms with E-state index >= 15 is 0 Å². The molecule has 0 radical (unpaired) electrons. The van der Waals surface area contributed by atoms with Crippen LogP contribution in [0.25, 0.3) is 0 Å². The highest BCUT2D eigenvalue weighted by molar-refractivity contribution is 6.31. The van der Waals surface area contributed by atoms with Gasteiger partial charge in [0.25, 0.3) is 0 Å². The smallest absolute Gasteiger partial charge is 0.130 e. The lowest BCUT2D eigenvalue weighted by molar-refractivity contribution is 0.0929. The Kier molecular flexibility index (Phi) is 2.93. The van der Waals surface area contributed by atoms with E-state index in [1.165, 1.54) is 35.1 Å². The van der Waals surface area contributed by atoms with Crippen molar-refractivity contribution in [3.63, 3.8) is 0 Å². The van der Waals surface area contributed by atoms with Crippen molar-refractivity contribution in [2.75, 3.05) is 0 Å². The average molecular weight is 255 g/mol. The summed E-state index contributed by atoms with van der Waals surface area (Å²) >= 11 is 5.99. The quantitative estimate of drug-likeness (QED) is 0.894. The molecule has 0 aliphatic rings. The van der Waals surface area contributed by atoms with Crippen molar-refractivity contribution in [1.82, 2.24) is 9.78 Å². The summed E-state index contributed by atoms with van der Waals surface area (Å²) in [5, 5.41) is 14.9. The molecular weight excluding hydrogens is 243 g/mol. The van der Waals surface area contributed by atoms with Crippen LogP contribution in [0.1, 0.15) is 18.2 Å². The van der Waals surface area contributed by atoms with Gasteiger partial charge < -0.3 is 5.11 Å². The van der Waals surface area contributed by atoms with Gasteiger partial charge in [-0.3, -0.25) is 4.68 Å². The topological polar surface area (TPSA) is 38.0 Å². The van der Waals surface area contributed by atoms with Crippen LogP contribution in [-0.2, 0) is 12.6 Å². The Labute approximate surface area is 103 Å². The van der Waals surface area contributed by atoms with Gasteiger partial charge in [0.05, 0.1) is 16.9 Å². The van der Waals surface area contributed by atoms with Gasteiger partial charge in [-0.15, -0.1) is 0 Å². The molecule has 0 fully saturated rings. The summed E-state index contributed by atoms with van der Waals surface area (Å²) < 4.78 is 14.4. The number of aliphatic hydroxyl groups is 1. The molecular formula is C12H12ClFN2O. The molecule has 1 atom stereocenters. The summed E-state index contributed by atoms with van der Waals surface area (Å²) in [6.45, 7) is 1.60. The second-order valence-electron chi connectivity index (χ2n) is 4.04. The summed E-state index contributed by atoms with van der Waals surface area (Å²) in [6, 6.07) is 5.65. The van der Waals surface area contributed by atoms with E-state index in [9.17, 15) is 9.50 Å². The van der Waals surface area contributed by atoms with Gasteiger partial charge in [0.15, 0.2) is 0 Å². The number of nitrogens with zero attached hydrogens (tertiary/aromatic N) is 2. The Morgan fingerprint density at radius 2 is 1.94 bits per heavy atom. The lowest BCUT2D eigenvalue weighted by Gasteiger charge is -2.24. The van der Waals surface area contributed by atoms with E-state index < -0.39 is 5.60 Å². The molecule has 0 amide bonds. The maximum absolute atomic E-state index is 12.9. The molecule has 1 unspecified atom stereocenters. The maximum Gasteiger partial charge on any atom is 0.130 e. The molecule has 0 saturated heterocycles. The molecule has 0 bridgehead atoms. The number of aromatic nitrogens is 2. The first kappa shape index (κ1) is 12.1. The molecule has 0 aliphatic carbocycles. The van der Waals surface area contributed by atoms with Crippen molar-refractivity contribution in [2.45, 2.75) is 12.5 Å². The SMILES string of the molecule is Cn1ncc(Cl)c1C(C)(O)c1ccc(F)cc1. The zero-order chi connectivity index (χ0) is 12.6. The van der Waals surface area contributed by atoms with Crippen LogP contribution in [0, 0.1) is 5.82 Å². The zero-order valence-corrected chi connectivity index (χ0v) is 10.2. The monoisotopic (exact) mass is 254 g/mol. The third-order valence-corrected chi connectivity index (χ3v) is 3.04. The Bertz CT molecular complexity index is 514. The van der Waals surface area contributed by atoms with Gasteiger partial charge in [0, 0.05) is 7.05 Å². The fourth-order valence-electron chi connectivity index (χ4n) is 1.87. The first-order valence-electron chi connectivity index (χ1n) is 5.09. The van der Waals surface area contributed by atoms with E-state index in [0.717, 1.165) is 0 Å². The molecule has 3 nitrogen and oxygen atoms in total. The fraction of sp³-hybridized carbons (Fsp3) is 0.250. The summed E-state index contributed by atoms with van der Waals surface area (Å²) in [4.78, 5) is 0. The number of hydrogen-bond acceptors (Lipinski definition) is 2. The molecule has 0 spiro atoms. The van der Waals surface area contributed by atoms with Crippen molar-refractivity contribution in [3.05, 3.63) is 52.6 Å².